The number of para-hydroxylation sites is 1. The Kier molecular flexibility index (Phi) is 7.42. The number of hydrogen-bond donors (Lipinski definition) is 2. The predicted octanol–water partition coefficient (Wildman–Crippen LogP) is 1.41. The van der Waals surface area contributed by atoms with E-state index in [1.165, 1.54) is 4.31 Å². The minimum absolute atomic E-state index is 0.0189. The number of halogens is 3. The van der Waals surface area contributed by atoms with Crippen molar-refractivity contribution in [2.24, 2.45) is 5.92 Å². The molecule has 1 fully saturated rings. The lowest BCUT2D eigenvalue weighted by Crippen LogP contribution is -2.44. The van der Waals surface area contributed by atoms with Crippen LogP contribution in [0, 0.1) is 5.92 Å². The van der Waals surface area contributed by atoms with Crippen molar-refractivity contribution >= 4 is 21.8 Å². The van der Waals surface area contributed by atoms with E-state index < -0.39 is 33.4 Å². The molecule has 2 N–H and O–H groups in total. The average molecular weight is 488 g/mol. The molecule has 1 aromatic carbocycles. The van der Waals surface area contributed by atoms with Crippen molar-refractivity contribution < 1.29 is 31.2 Å². The van der Waals surface area contributed by atoms with E-state index in [0.717, 1.165) is 17.1 Å². The minimum Gasteiger partial charge on any atom is -0.354 e. The number of benzene rings is 1. The zero-order chi connectivity index (χ0) is 24.2. The van der Waals surface area contributed by atoms with E-state index in [1.54, 1.807) is 30.3 Å². The molecule has 0 bridgehead atoms. The van der Waals surface area contributed by atoms with Gasteiger partial charge in [-0.2, -0.15) is 18.3 Å². The lowest BCUT2D eigenvalue weighted by molar-refractivity contribution is -0.141. The molecule has 1 saturated heterocycles. The number of hydrogen-bond acceptors (Lipinski definition) is 5. The van der Waals surface area contributed by atoms with E-state index >= 15 is 0 Å². The molecule has 3 rings (SSSR count). The summed E-state index contributed by atoms with van der Waals surface area (Å²) in [5, 5.41) is 8.52. The molecule has 9 nitrogen and oxygen atoms in total. The zero-order valence-electron chi connectivity index (χ0n) is 17.8. The average Bonchev–Trinajstić information content (AvgIpc) is 3.23. The Bertz CT molecular complexity index is 1090. The van der Waals surface area contributed by atoms with Crippen molar-refractivity contribution in [1.29, 1.82) is 0 Å². The SMILES string of the molecule is CS(=O)(=O)N1CCC(C(=O)NCCNC(=O)c2cn(-c3ccccc3)nc2C(F)(F)F)CC1. The van der Waals surface area contributed by atoms with Crippen LogP contribution in [0.1, 0.15) is 28.9 Å². The Morgan fingerprint density at radius 3 is 2.27 bits per heavy atom. The molecular weight excluding hydrogens is 463 g/mol. The molecule has 2 heterocycles. The van der Waals surface area contributed by atoms with E-state index in [2.05, 4.69) is 15.7 Å². The van der Waals surface area contributed by atoms with Gasteiger partial charge in [0, 0.05) is 38.3 Å². The number of nitrogens with zero attached hydrogens (tertiary/aromatic N) is 3. The van der Waals surface area contributed by atoms with Crippen LogP contribution in [0.3, 0.4) is 0 Å². The highest BCUT2D eigenvalue weighted by Gasteiger charge is 2.39. The van der Waals surface area contributed by atoms with E-state index in [9.17, 15) is 31.2 Å². The molecule has 2 amide bonds. The van der Waals surface area contributed by atoms with Crippen LogP contribution in [0.4, 0.5) is 13.2 Å². The molecule has 0 unspecified atom stereocenters. The van der Waals surface area contributed by atoms with Crippen molar-refractivity contribution in [3.63, 3.8) is 0 Å². The first-order valence-electron chi connectivity index (χ1n) is 10.2. The molecule has 0 spiro atoms. The number of aromatic nitrogens is 2. The standard InChI is InChI=1S/C20H24F3N5O4S/c1-33(31,32)27-11-7-14(8-12-27)18(29)24-9-10-25-19(30)16-13-28(15-5-3-2-4-6-15)26-17(16)20(21,22)23/h2-6,13-14H,7-12H2,1H3,(H,24,29)(H,25,30). The summed E-state index contributed by atoms with van der Waals surface area (Å²) in [5.74, 6) is -1.61. The van der Waals surface area contributed by atoms with E-state index in [-0.39, 0.29) is 38.0 Å². The second kappa shape index (κ2) is 9.91. The van der Waals surface area contributed by atoms with Crippen LogP contribution in [0.2, 0.25) is 0 Å². The minimum atomic E-state index is -4.82. The summed E-state index contributed by atoms with van der Waals surface area (Å²) < 4.78 is 65.5. The van der Waals surface area contributed by atoms with Crippen molar-refractivity contribution in [2.45, 2.75) is 19.0 Å². The second-order valence-electron chi connectivity index (χ2n) is 7.65. The maximum Gasteiger partial charge on any atom is 0.435 e. The van der Waals surface area contributed by atoms with Gasteiger partial charge in [0.2, 0.25) is 15.9 Å². The summed E-state index contributed by atoms with van der Waals surface area (Å²) in [6.45, 7) is 0.435. The van der Waals surface area contributed by atoms with Gasteiger partial charge in [0.1, 0.15) is 0 Å². The molecule has 1 aromatic heterocycles. The van der Waals surface area contributed by atoms with Gasteiger partial charge in [-0.05, 0) is 25.0 Å². The first-order valence-corrected chi connectivity index (χ1v) is 12.0. The third-order valence-electron chi connectivity index (χ3n) is 5.25. The van der Waals surface area contributed by atoms with Gasteiger partial charge in [-0.1, -0.05) is 18.2 Å². The monoisotopic (exact) mass is 487 g/mol. The smallest absolute Gasteiger partial charge is 0.354 e. The fraction of sp³-hybridized carbons (Fsp3) is 0.450. The molecule has 0 aliphatic carbocycles. The van der Waals surface area contributed by atoms with Gasteiger partial charge in [0.05, 0.1) is 17.5 Å². The Morgan fingerprint density at radius 1 is 1.09 bits per heavy atom. The predicted molar refractivity (Wildman–Crippen MR) is 113 cm³/mol. The fourth-order valence-corrected chi connectivity index (χ4v) is 4.39. The zero-order valence-corrected chi connectivity index (χ0v) is 18.6. The number of nitrogens with one attached hydrogen (secondary N) is 2. The van der Waals surface area contributed by atoms with Crippen LogP contribution >= 0.6 is 0 Å². The van der Waals surface area contributed by atoms with Crippen molar-refractivity contribution in [2.75, 3.05) is 32.4 Å². The summed E-state index contributed by atoms with van der Waals surface area (Å²) in [5.41, 5.74) is -1.55. The molecule has 180 valence electrons. The van der Waals surface area contributed by atoms with Gasteiger partial charge in [0.15, 0.2) is 5.69 Å². The van der Waals surface area contributed by atoms with E-state index in [4.69, 9.17) is 0 Å². The quantitative estimate of drug-likeness (QED) is 0.574. The van der Waals surface area contributed by atoms with Crippen LogP contribution in [0.5, 0.6) is 0 Å². The Morgan fingerprint density at radius 2 is 1.70 bits per heavy atom. The van der Waals surface area contributed by atoms with Crippen molar-refractivity contribution in [1.82, 2.24) is 24.7 Å². The van der Waals surface area contributed by atoms with E-state index in [1.807, 2.05) is 0 Å². The molecule has 2 aromatic rings. The number of alkyl halides is 3. The maximum atomic E-state index is 13.4. The number of rotatable bonds is 7. The molecule has 0 atom stereocenters. The van der Waals surface area contributed by atoms with Gasteiger partial charge >= 0.3 is 6.18 Å². The van der Waals surface area contributed by atoms with Gasteiger partial charge in [-0.25, -0.2) is 17.4 Å². The highest BCUT2D eigenvalue weighted by Crippen LogP contribution is 2.31. The first-order chi connectivity index (χ1) is 15.5. The Labute approximate surface area is 189 Å². The summed E-state index contributed by atoms with van der Waals surface area (Å²) in [6.07, 6.45) is -1.94. The number of piperidine rings is 1. The topological polar surface area (TPSA) is 113 Å². The summed E-state index contributed by atoms with van der Waals surface area (Å²) >= 11 is 0. The molecule has 1 aliphatic rings. The van der Waals surface area contributed by atoms with Crippen molar-refractivity contribution in [3.8, 4) is 5.69 Å². The van der Waals surface area contributed by atoms with Crippen LogP contribution in [-0.2, 0) is 21.0 Å². The molecule has 1 aliphatic heterocycles. The van der Waals surface area contributed by atoms with Gasteiger partial charge < -0.3 is 10.6 Å². The second-order valence-corrected chi connectivity index (χ2v) is 9.63. The third-order valence-corrected chi connectivity index (χ3v) is 6.55. The summed E-state index contributed by atoms with van der Waals surface area (Å²) in [6, 6.07) is 8.10. The van der Waals surface area contributed by atoms with Gasteiger partial charge in [-0.3, -0.25) is 9.59 Å². The molecule has 0 radical (unpaired) electrons. The van der Waals surface area contributed by atoms with Gasteiger partial charge in [0.25, 0.3) is 5.91 Å². The lowest BCUT2D eigenvalue weighted by atomic mass is 9.97. The van der Waals surface area contributed by atoms with Crippen LogP contribution in [0.25, 0.3) is 5.69 Å². The van der Waals surface area contributed by atoms with E-state index in [0.29, 0.717) is 18.5 Å². The first kappa shape index (κ1) is 24.7. The normalized spacial score (nSPS) is 15.9. The summed E-state index contributed by atoms with van der Waals surface area (Å²) in [4.78, 5) is 24.7. The third kappa shape index (κ3) is 6.32. The van der Waals surface area contributed by atoms with Crippen molar-refractivity contribution in [3.05, 3.63) is 47.8 Å². The largest absolute Gasteiger partial charge is 0.435 e. The Balaban J connectivity index is 1.54. The molecular formula is C20H24F3N5O4S. The number of amides is 2. The molecule has 33 heavy (non-hydrogen) atoms. The highest BCUT2D eigenvalue weighted by molar-refractivity contribution is 7.88. The summed E-state index contributed by atoms with van der Waals surface area (Å²) in [7, 11) is -3.29. The Hall–Kier alpha value is -2.93. The molecule has 13 heteroatoms. The van der Waals surface area contributed by atoms with Gasteiger partial charge in [-0.15, -0.1) is 0 Å². The van der Waals surface area contributed by atoms with Crippen LogP contribution in [0.15, 0.2) is 36.5 Å². The fourth-order valence-electron chi connectivity index (χ4n) is 3.51. The van der Waals surface area contributed by atoms with Crippen LogP contribution < -0.4 is 10.6 Å². The number of carbonyl (C=O) groups excluding carboxylic acids is 2. The molecule has 0 saturated carbocycles. The highest BCUT2D eigenvalue weighted by atomic mass is 32.2. The van der Waals surface area contributed by atoms with Crippen LogP contribution in [-0.4, -0.2) is 66.8 Å². The number of carbonyl (C=O) groups is 2. The number of sulfonamides is 1. The maximum absolute atomic E-state index is 13.4. The lowest BCUT2D eigenvalue weighted by Gasteiger charge is -2.29.